The number of aromatic nitrogens is 1. The fourth-order valence-electron chi connectivity index (χ4n) is 3.19. The fraction of sp³-hybridized carbons (Fsp3) is 0.333. The first-order valence-electron chi connectivity index (χ1n) is 9.27. The van der Waals surface area contributed by atoms with Gasteiger partial charge in [-0.2, -0.15) is 0 Å². The van der Waals surface area contributed by atoms with Crippen LogP contribution in [0.4, 0.5) is 0 Å². The number of hydrogen-bond donors (Lipinski definition) is 1. The highest BCUT2D eigenvalue weighted by molar-refractivity contribution is 5.99. The number of nitrogens with one attached hydrogen (secondary N) is 1. The first kappa shape index (κ1) is 19.5. The van der Waals surface area contributed by atoms with Crippen LogP contribution in [-0.4, -0.2) is 58.7 Å². The van der Waals surface area contributed by atoms with E-state index < -0.39 is 0 Å². The average Bonchev–Trinajstić information content (AvgIpc) is 2.71. The van der Waals surface area contributed by atoms with Gasteiger partial charge < -0.3 is 15.1 Å². The maximum absolute atomic E-state index is 12.7. The van der Waals surface area contributed by atoms with Gasteiger partial charge >= 0.3 is 0 Å². The molecule has 0 atom stereocenters. The van der Waals surface area contributed by atoms with Crippen LogP contribution in [0.25, 0.3) is 0 Å². The van der Waals surface area contributed by atoms with Gasteiger partial charge in [0.1, 0.15) is 0 Å². The highest BCUT2D eigenvalue weighted by Crippen LogP contribution is 2.11. The van der Waals surface area contributed by atoms with Crippen molar-refractivity contribution in [3.05, 3.63) is 65.0 Å². The molecule has 1 fully saturated rings. The number of rotatable bonds is 4. The van der Waals surface area contributed by atoms with Gasteiger partial charge in [-0.15, -0.1) is 0 Å². The van der Waals surface area contributed by atoms with Crippen LogP contribution in [0.5, 0.6) is 0 Å². The molecular formula is C21H24N4O3. The Labute approximate surface area is 164 Å². The molecule has 0 bridgehead atoms. The van der Waals surface area contributed by atoms with Gasteiger partial charge in [0.05, 0.1) is 11.1 Å². The first-order chi connectivity index (χ1) is 13.4. The minimum Gasteiger partial charge on any atom is -0.348 e. The van der Waals surface area contributed by atoms with Crippen LogP contribution >= 0.6 is 0 Å². The molecule has 1 aliphatic rings. The van der Waals surface area contributed by atoms with E-state index in [1.165, 1.54) is 19.3 Å². The van der Waals surface area contributed by atoms with Gasteiger partial charge in [-0.1, -0.05) is 29.8 Å². The smallest absolute Gasteiger partial charge is 0.255 e. The number of aryl methyl sites for hydroxylation is 1. The Kier molecular flexibility index (Phi) is 6.03. The van der Waals surface area contributed by atoms with Crippen molar-refractivity contribution in [3.8, 4) is 0 Å². The lowest BCUT2D eigenvalue weighted by Crippen LogP contribution is -2.50. The molecule has 1 aromatic heterocycles. The number of amides is 3. The van der Waals surface area contributed by atoms with Gasteiger partial charge in [0.25, 0.3) is 11.8 Å². The fourth-order valence-corrected chi connectivity index (χ4v) is 3.19. The van der Waals surface area contributed by atoms with E-state index in [4.69, 9.17) is 0 Å². The second-order valence-corrected chi connectivity index (χ2v) is 6.93. The number of hydrogen-bond acceptors (Lipinski definition) is 4. The summed E-state index contributed by atoms with van der Waals surface area (Å²) >= 11 is 0. The Morgan fingerprint density at radius 3 is 2.36 bits per heavy atom. The number of piperazine rings is 1. The topological polar surface area (TPSA) is 82.6 Å². The molecule has 1 aliphatic heterocycles. The lowest BCUT2D eigenvalue weighted by molar-refractivity contribution is -0.130. The summed E-state index contributed by atoms with van der Waals surface area (Å²) in [5.41, 5.74) is 2.86. The van der Waals surface area contributed by atoms with Crippen molar-refractivity contribution >= 4 is 17.7 Å². The third-order valence-corrected chi connectivity index (χ3v) is 4.80. The zero-order valence-corrected chi connectivity index (χ0v) is 16.1. The van der Waals surface area contributed by atoms with Gasteiger partial charge in [0.15, 0.2) is 0 Å². The third kappa shape index (κ3) is 4.73. The molecule has 28 heavy (non-hydrogen) atoms. The van der Waals surface area contributed by atoms with Crippen molar-refractivity contribution in [3.63, 3.8) is 0 Å². The molecule has 7 heteroatoms. The van der Waals surface area contributed by atoms with Crippen molar-refractivity contribution in [2.24, 2.45) is 0 Å². The van der Waals surface area contributed by atoms with Gasteiger partial charge in [0.2, 0.25) is 5.91 Å². The number of pyridine rings is 1. The van der Waals surface area contributed by atoms with Gasteiger partial charge in [0, 0.05) is 52.0 Å². The normalized spacial score (nSPS) is 13.9. The van der Waals surface area contributed by atoms with Crippen molar-refractivity contribution in [2.45, 2.75) is 20.4 Å². The molecule has 0 saturated carbocycles. The monoisotopic (exact) mass is 380 g/mol. The molecule has 0 unspecified atom stereocenters. The quantitative estimate of drug-likeness (QED) is 0.874. The molecule has 1 N–H and O–H groups in total. The Balaban J connectivity index is 1.62. The summed E-state index contributed by atoms with van der Waals surface area (Å²) in [6, 6.07) is 9.48. The first-order valence-corrected chi connectivity index (χ1v) is 9.27. The molecule has 146 valence electrons. The summed E-state index contributed by atoms with van der Waals surface area (Å²) in [5.74, 6) is -0.435. The summed E-state index contributed by atoms with van der Waals surface area (Å²) in [6.45, 7) is 5.92. The second kappa shape index (κ2) is 8.65. The lowest BCUT2D eigenvalue weighted by atomic mass is 10.1. The van der Waals surface area contributed by atoms with Crippen molar-refractivity contribution in [1.29, 1.82) is 0 Å². The van der Waals surface area contributed by atoms with E-state index in [1.807, 2.05) is 31.2 Å². The molecule has 1 saturated heterocycles. The SMILES string of the molecule is CC(=O)N1CCN(C(=O)c2cncc(C(=O)NCc3cccc(C)c3)c2)CC1. The Morgan fingerprint density at radius 1 is 1.00 bits per heavy atom. The van der Waals surface area contributed by atoms with E-state index in [-0.39, 0.29) is 17.7 Å². The number of benzene rings is 1. The van der Waals surface area contributed by atoms with E-state index in [2.05, 4.69) is 10.3 Å². The summed E-state index contributed by atoms with van der Waals surface area (Å²) in [7, 11) is 0. The standard InChI is InChI=1S/C21H24N4O3/c1-15-4-3-5-17(10-15)12-23-20(27)18-11-19(14-22-13-18)21(28)25-8-6-24(7-9-25)16(2)26/h3-5,10-11,13-14H,6-9,12H2,1-2H3,(H,23,27). The van der Waals surface area contributed by atoms with Crippen LogP contribution in [0, 0.1) is 6.92 Å². The van der Waals surface area contributed by atoms with Gasteiger partial charge in [-0.05, 0) is 18.6 Å². The zero-order valence-electron chi connectivity index (χ0n) is 16.1. The number of nitrogens with zero attached hydrogens (tertiary/aromatic N) is 3. The Hall–Kier alpha value is -3.22. The van der Waals surface area contributed by atoms with Crippen LogP contribution in [0.1, 0.15) is 38.8 Å². The van der Waals surface area contributed by atoms with E-state index in [0.29, 0.717) is 43.9 Å². The summed E-state index contributed by atoms with van der Waals surface area (Å²) < 4.78 is 0. The maximum Gasteiger partial charge on any atom is 0.255 e. The molecular weight excluding hydrogens is 356 g/mol. The summed E-state index contributed by atoms with van der Waals surface area (Å²) in [6.07, 6.45) is 2.92. The Morgan fingerprint density at radius 2 is 1.68 bits per heavy atom. The van der Waals surface area contributed by atoms with Crippen LogP contribution in [-0.2, 0) is 11.3 Å². The zero-order chi connectivity index (χ0) is 20.1. The third-order valence-electron chi connectivity index (χ3n) is 4.80. The van der Waals surface area contributed by atoms with E-state index in [0.717, 1.165) is 11.1 Å². The van der Waals surface area contributed by atoms with Gasteiger partial charge in [-0.3, -0.25) is 19.4 Å². The molecule has 0 aliphatic carbocycles. The van der Waals surface area contributed by atoms with Crippen LogP contribution < -0.4 is 5.32 Å². The predicted molar refractivity (Wildman–Crippen MR) is 105 cm³/mol. The molecule has 0 spiro atoms. The summed E-state index contributed by atoms with van der Waals surface area (Å²) in [5, 5.41) is 2.86. The van der Waals surface area contributed by atoms with Crippen molar-refractivity contribution < 1.29 is 14.4 Å². The maximum atomic E-state index is 12.7. The molecule has 3 rings (SSSR count). The molecule has 2 heterocycles. The molecule has 0 radical (unpaired) electrons. The Bertz CT molecular complexity index is 889. The molecule has 7 nitrogen and oxygen atoms in total. The van der Waals surface area contributed by atoms with E-state index in [1.54, 1.807) is 15.9 Å². The highest BCUT2D eigenvalue weighted by Gasteiger charge is 2.24. The van der Waals surface area contributed by atoms with Crippen molar-refractivity contribution in [2.75, 3.05) is 26.2 Å². The number of carbonyl (C=O) groups is 3. The molecule has 2 aromatic rings. The molecule has 1 aromatic carbocycles. The largest absolute Gasteiger partial charge is 0.348 e. The number of carbonyl (C=O) groups excluding carboxylic acids is 3. The van der Waals surface area contributed by atoms with Gasteiger partial charge in [-0.25, -0.2) is 0 Å². The van der Waals surface area contributed by atoms with E-state index in [9.17, 15) is 14.4 Å². The molecule has 3 amide bonds. The van der Waals surface area contributed by atoms with Crippen LogP contribution in [0.3, 0.4) is 0 Å². The van der Waals surface area contributed by atoms with Crippen LogP contribution in [0.15, 0.2) is 42.7 Å². The highest BCUT2D eigenvalue weighted by atomic mass is 16.2. The van der Waals surface area contributed by atoms with E-state index >= 15 is 0 Å². The predicted octanol–water partition coefficient (Wildman–Crippen LogP) is 1.62. The van der Waals surface area contributed by atoms with Crippen molar-refractivity contribution in [1.82, 2.24) is 20.1 Å². The minimum atomic E-state index is -0.273. The lowest BCUT2D eigenvalue weighted by Gasteiger charge is -2.34. The minimum absolute atomic E-state index is 0.0149. The average molecular weight is 380 g/mol. The summed E-state index contributed by atoms with van der Waals surface area (Å²) in [4.78, 5) is 44.1. The van der Waals surface area contributed by atoms with Crippen LogP contribution in [0.2, 0.25) is 0 Å². The second-order valence-electron chi connectivity index (χ2n) is 6.93.